The van der Waals surface area contributed by atoms with E-state index in [1.165, 1.54) is 0 Å². The number of hydrogen-bond donors (Lipinski definition) is 0. The third-order valence-electron chi connectivity index (χ3n) is 4.18. The van der Waals surface area contributed by atoms with Crippen molar-refractivity contribution in [3.8, 4) is 5.75 Å². The molecule has 1 aliphatic rings. The van der Waals surface area contributed by atoms with Gasteiger partial charge in [-0.1, -0.05) is 25.1 Å². The predicted molar refractivity (Wildman–Crippen MR) is 105 cm³/mol. The van der Waals surface area contributed by atoms with Crippen molar-refractivity contribution in [2.24, 2.45) is 5.10 Å². The summed E-state index contributed by atoms with van der Waals surface area (Å²) in [5, 5.41) is 5.95. The molecular weight excluding hydrogens is 346 g/mol. The summed E-state index contributed by atoms with van der Waals surface area (Å²) < 4.78 is 10.4. The molecule has 1 aromatic carbocycles. The third kappa shape index (κ3) is 4.48. The van der Waals surface area contributed by atoms with E-state index in [0.29, 0.717) is 30.1 Å². The monoisotopic (exact) mass is 373 g/mol. The maximum Gasteiger partial charge on any atom is 0.354 e. The second-order valence-corrected chi connectivity index (χ2v) is 6.18. The topological polar surface area (TPSA) is 71.4 Å². The van der Waals surface area contributed by atoms with Crippen molar-refractivity contribution in [1.82, 2.24) is 5.01 Å². The van der Waals surface area contributed by atoms with Crippen molar-refractivity contribution in [3.63, 3.8) is 0 Å². The highest BCUT2D eigenvalue weighted by molar-refractivity contribution is 6.35. The van der Waals surface area contributed by atoms with Crippen LogP contribution in [-0.2, 0) is 14.3 Å². The van der Waals surface area contributed by atoms with E-state index < -0.39 is 5.97 Å². The molecule has 1 fully saturated rings. The molecule has 1 unspecified atom stereocenters. The zero-order valence-electron chi connectivity index (χ0n) is 16.6. The molecule has 0 radical (unpaired) electrons. The van der Waals surface area contributed by atoms with Gasteiger partial charge < -0.3 is 9.47 Å². The fraction of sp³-hybridized carbons (Fsp3) is 0.450. The number of carbonyl (C=O) groups is 2. The Bertz CT molecular complexity index is 757. The number of carbonyl (C=O) groups excluding carboxylic acids is 2. The van der Waals surface area contributed by atoms with Crippen molar-refractivity contribution in [2.45, 2.75) is 40.2 Å². The van der Waals surface area contributed by atoms with Crippen LogP contribution in [0.4, 0.5) is 5.69 Å². The van der Waals surface area contributed by atoms with E-state index in [9.17, 15) is 9.59 Å². The molecule has 1 amide bonds. The van der Waals surface area contributed by atoms with E-state index in [0.717, 1.165) is 0 Å². The maximum absolute atomic E-state index is 13.3. The second kappa shape index (κ2) is 9.21. The van der Waals surface area contributed by atoms with Gasteiger partial charge in [0.25, 0.3) is 5.91 Å². The molecule has 146 valence electrons. The molecule has 0 bridgehead atoms. The first-order valence-electron chi connectivity index (χ1n) is 9.11. The van der Waals surface area contributed by atoms with Crippen LogP contribution in [0.3, 0.4) is 0 Å². The van der Waals surface area contributed by atoms with Crippen LogP contribution in [0.5, 0.6) is 5.75 Å². The van der Waals surface area contributed by atoms with Gasteiger partial charge in [0.1, 0.15) is 17.2 Å². The third-order valence-corrected chi connectivity index (χ3v) is 4.18. The second-order valence-electron chi connectivity index (χ2n) is 6.18. The first kappa shape index (κ1) is 20.5. The number of rotatable bonds is 6. The number of piperazine rings is 1. The van der Waals surface area contributed by atoms with E-state index in [-0.39, 0.29) is 24.3 Å². The average molecular weight is 373 g/mol. The maximum atomic E-state index is 13.3. The first-order chi connectivity index (χ1) is 12.9. The van der Waals surface area contributed by atoms with Crippen LogP contribution in [0.1, 0.15) is 34.1 Å². The smallest absolute Gasteiger partial charge is 0.354 e. The highest BCUT2D eigenvalue weighted by Gasteiger charge is 2.36. The quantitative estimate of drug-likeness (QED) is 0.435. The highest BCUT2D eigenvalue weighted by Crippen LogP contribution is 2.33. The lowest BCUT2D eigenvalue weighted by Gasteiger charge is -2.40. The van der Waals surface area contributed by atoms with Gasteiger partial charge in [0, 0.05) is 0 Å². The number of ether oxygens (including phenoxy) is 2. The average Bonchev–Trinajstić information content (AvgIpc) is 2.65. The summed E-state index contributed by atoms with van der Waals surface area (Å²) in [6, 6.07) is 7.26. The van der Waals surface area contributed by atoms with Gasteiger partial charge in [-0.2, -0.15) is 5.10 Å². The Kier molecular flexibility index (Phi) is 6.98. The van der Waals surface area contributed by atoms with Gasteiger partial charge in [-0.15, -0.1) is 0 Å². The Morgan fingerprint density at radius 3 is 2.67 bits per heavy atom. The molecule has 0 N–H and O–H groups in total. The molecule has 0 spiro atoms. The summed E-state index contributed by atoms with van der Waals surface area (Å²) in [5.41, 5.74) is 1.36. The number of anilines is 1. The molecule has 0 aliphatic carbocycles. The molecule has 2 rings (SSSR count). The molecule has 1 heterocycles. The number of benzene rings is 1. The minimum absolute atomic E-state index is 0.165. The lowest BCUT2D eigenvalue weighted by atomic mass is 10.1. The number of methoxy groups -OCH3 is 1. The van der Waals surface area contributed by atoms with Gasteiger partial charge in [0.15, 0.2) is 0 Å². The molecule has 0 aromatic heterocycles. The number of amides is 1. The number of esters is 1. The molecule has 1 aromatic rings. The number of para-hydroxylation sites is 2. The van der Waals surface area contributed by atoms with E-state index in [2.05, 4.69) is 5.10 Å². The van der Waals surface area contributed by atoms with Crippen LogP contribution in [0.25, 0.3) is 0 Å². The predicted octanol–water partition coefficient (Wildman–Crippen LogP) is 2.97. The summed E-state index contributed by atoms with van der Waals surface area (Å²) in [6.07, 6.45) is 2.48. The van der Waals surface area contributed by atoms with Crippen LogP contribution in [-0.4, -0.2) is 48.9 Å². The van der Waals surface area contributed by atoms with Gasteiger partial charge >= 0.3 is 5.97 Å². The Hall–Kier alpha value is -2.83. The zero-order valence-corrected chi connectivity index (χ0v) is 16.6. The molecule has 1 atom stereocenters. The first-order valence-corrected chi connectivity index (χ1v) is 9.11. The number of allylic oxidation sites excluding steroid dienone is 1. The van der Waals surface area contributed by atoms with E-state index in [1.807, 2.05) is 44.2 Å². The van der Waals surface area contributed by atoms with Crippen LogP contribution >= 0.6 is 0 Å². The van der Waals surface area contributed by atoms with Crippen LogP contribution in [0.15, 0.2) is 41.1 Å². The summed E-state index contributed by atoms with van der Waals surface area (Å²) >= 11 is 0. The molecule has 0 saturated carbocycles. The fourth-order valence-electron chi connectivity index (χ4n) is 2.98. The van der Waals surface area contributed by atoms with Crippen molar-refractivity contribution >= 4 is 23.3 Å². The normalized spacial score (nSPS) is 19.4. The Morgan fingerprint density at radius 1 is 1.33 bits per heavy atom. The number of hydrogen-bond acceptors (Lipinski definition) is 6. The largest absolute Gasteiger partial charge is 0.495 e. The lowest BCUT2D eigenvalue weighted by Crippen LogP contribution is -2.53. The van der Waals surface area contributed by atoms with Crippen molar-refractivity contribution in [2.75, 3.05) is 25.2 Å². The summed E-state index contributed by atoms with van der Waals surface area (Å²) in [4.78, 5) is 26.9. The standard InChI is InChI=1S/C20H27N3O4/c1-6-10-17-19(24)23(16-11-8-9-12-18(16)26-5)14(3)13-22(17)21-15(4)20(25)27-7-2/h8-12,14H,6-7,13H2,1-5H3/b17-10-,21-15+. The number of hydrazone groups is 1. The van der Waals surface area contributed by atoms with Gasteiger partial charge in [-0.05, 0) is 39.3 Å². The van der Waals surface area contributed by atoms with Gasteiger partial charge in [-0.3, -0.25) is 14.7 Å². The van der Waals surface area contributed by atoms with Crippen LogP contribution in [0.2, 0.25) is 0 Å². The Balaban J connectivity index is 2.40. The van der Waals surface area contributed by atoms with E-state index in [4.69, 9.17) is 9.47 Å². The van der Waals surface area contributed by atoms with E-state index >= 15 is 0 Å². The Morgan fingerprint density at radius 2 is 2.04 bits per heavy atom. The summed E-state index contributed by atoms with van der Waals surface area (Å²) in [5.74, 6) is -0.0330. The van der Waals surface area contributed by atoms with Crippen LogP contribution in [0, 0.1) is 0 Å². The van der Waals surface area contributed by atoms with Crippen molar-refractivity contribution in [1.29, 1.82) is 0 Å². The molecule has 7 heteroatoms. The fourth-order valence-corrected chi connectivity index (χ4v) is 2.98. The van der Waals surface area contributed by atoms with Gasteiger partial charge in [0.2, 0.25) is 0 Å². The van der Waals surface area contributed by atoms with Gasteiger partial charge in [-0.25, -0.2) is 4.79 Å². The lowest BCUT2D eigenvalue weighted by molar-refractivity contribution is -0.135. The SMILES string of the molecule is CC/C=C1/C(=O)N(c2ccccc2OC)C(C)CN1/N=C(\C)C(=O)OCC. The van der Waals surface area contributed by atoms with Crippen LogP contribution < -0.4 is 9.64 Å². The van der Waals surface area contributed by atoms with Crippen molar-refractivity contribution < 1.29 is 19.1 Å². The Labute approximate surface area is 160 Å². The summed E-state index contributed by atoms with van der Waals surface area (Å²) in [7, 11) is 1.58. The molecular formula is C20H27N3O4. The zero-order chi connectivity index (χ0) is 20.0. The highest BCUT2D eigenvalue weighted by atomic mass is 16.5. The molecule has 1 aliphatic heterocycles. The van der Waals surface area contributed by atoms with Crippen molar-refractivity contribution in [3.05, 3.63) is 36.0 Å². The molecule has 1 saturated heterocycles. The summed E-state index contributed by atoms with van der Waals surface area (Å²) in [6.45, 7) is 7.95. The minimum Gasteiger partial charge on any atom is -0.495 e. The van der Waals surface area contributed by atoms with Gasteiger partial charge in [0.05, 0.1) is 32.0 Å². The minimum atomic E-state index is -0.486. The van der Waals surface area contributed by atoms with E-state index in [1.54, 1.807) is 30.9 Å². The molecule has 7 nitrogen and oxygen atoms in total. The molecule has 27 heavy (non-hydrogen) atoms. The number of nitrogens with zero attached hydrogens (tertiary/aromatic N) is 3.